The molecule has 3 aliphatic rings. The van der Waals surface area contributed by atoms with Crippen molar-refractivity contribution in [2.75, 3.05) is 0 Å². The normalized spacial score (nSPS) is 18.5. The van der Waals surface area contributed by atoms with Crippen molar-refractivity contribution in [3.63, 3.8) is 0 Å². The van der Waals surface area contributed by atoms with Crippen LogP contribution in [0.15, 0.2) is 122 Å². The van der Waals surface area contributed by atoms with Crippen molar-refractivity contribution in [2.45, 2.75) is 12.6 Å². The fourth-order valence-electron chi connectivity index (χ4n) is 6.11. The van der Waals surface area contributed by atoms with Crippen molar-refractivity contribution in [1.29, 1.82) is 0 Å². The fourth-order valence-corrected chi connectivity index (χ4v) is 6.11. The lowest BCUT2D eigenvalue weighted by atomic mass is 10.0. The Morgan fingerprint density at radius 1 is 0.512 bits per heavy atom. The number of nitrogens with zero attached hydrogens (tertiary/aromatic N) is 5. The highest BCUT2D eigenvalue weighted by Crippen LogP contribution is 2.38. The van der Waals surface area contributed by atoms with Gasteiger partial charge >= 0.3 is 0 Å². The minimum atomic E-state index is -0.759. The number of benzene rings is 4. The lowest BCUT2D eigenvalue weighted by Crippen LogP contribution is -2.37. The summed E-state index contributed by atoms with van der Waals surface area (Å²) in [4.78, 5) is 32.5. The molecule has 8 nitrogen and oxygen atoms in total. The van der Waals surface area contributed by atoms with E-state index in [0.717, 1.165) is 60.9 Å². The first-order valence-corrected chi connectivity index (χ1v) is 13.5. The fraction of sp³-hybridized carbons (Fsp3) is 0.0606. The van der Waals surface area contributed by atoms with Gasteiger partial charge in [-0.1, -0.05) is 97.1 Å². The zero-order valence-electron chi connectivity index (χ0n) is 22.0. The molecule has 4 aromatic carbocycles. The largest absolute Gasteiger partial charge is 0.342 e. The Balaban J connectivity index is 1.43. The number of hydrogen-bond donors (Lipinski definition) is 3. The van der Waals surface area contributed by atoms with E-state index in [1.165, 1.54) is 0 Å². The number of amidine groups is 3. The summed E-state index contributed by atoms with van der Waals surface area (Å²) in [7, 11) is 0. The van der Waals surface area contributed by atoms with E-state index in [4.69, 9.17) is 25.0 Å². The van der Waals surface area contributed by atoms with E-state index in [1.807, 2.05) is 60.7 Å². The maximum Gasteiger partial charge on any atom is 0.164 e. The van der Waals surface area contributed by atoms with Gasteiger partial charge in [-0.05, 0) is 6.92 Å². The number of fused-ring (bicyclic) bond motifs is 19. The van der Waals surface area contributed by atoms with Crippen LogP contribution in [-0.4, -0.2) is 27.5 Å². The highest BCUT2D eigenvalue weighted by atomic mass is 15.2. The number of aromatic amines is 2. The van der Waals surface area contributed by atoms with Gasteiger partial charge in [-0.15, -0.1) is 0 Å². The van der Waals surface area contributed by atoms with Gasteiger partial charge in [0.05, 0.1) is 0 Å². The third-order valence-corrected chi connectivity index (χ3v) is 8.03. The lowest BCUT2D eigenvalue weighted by Gasteiger charge is -2.20. The van der Waals surface area contributed by atoms with Crippen LogP contribution in [0.25, 0.3) is 21.5 Å². The molecule has 0 saturated carbocycles. The third-order valence-electron chi connectivity index (χ3n) is 8.03. The van der Waals surface area contributed by atoms with Crippen LogP contribution in [0.2, 0.25) is 0 Å². The van der Waals surface area contributed by atoms with Gasteiger partial charge in [-0.3, -0.25) is 0 Å². The average Bonchev–Trinajstić information content (AvgIpc) is 3.71. The minimum Gasteiger partial charge on any atom is -0.342 e. The molecule has 194 valence electrons. The Bertz CT molecular complexity index is 2320. The SMILES string of the molecule is CC12N=c3[nH]c(c4ccccc34)=NC3=NC(=Nc4[nH]c(c5ccccc45)N=C(N1)c1ccccc12)c1ccccc13. The molecule has 0 aliphatic carbocycles. The molecule has 8 bridgehead atoms. The molecule has 3 aliphatic heterocycles. The van der Waals surface area contributed by atoms with E-state index in [9.17, 15) is 0 Å². The van der Waals surface area contributed by atoms with E-state index in [1.54, 1.807) is 0 Å². The molecule has 0 radical (unpaired) electrons. The van der Waals surface area contributed by atoms with Crippen molar-refractivity contribution in [3.8, 4) is 0 Å². The van der Waals surface area contributed by atoms with Gasteiger partial charge in [0.25, 0.3) is 0 Å². The smallest absolute Gasteiger partial charge is 0.164 e. The topological polar surface area (TPSA) is 105 Å². The van der Waals surface area contributed by atoms with Crippen LogP contribution in [-0.2, 0) is 5.66 Å². The van der Waals surface area contributed by atoms with E-state index in [0.29, 0.717) is 23.0 Å². The van der Waals surface area contributed by atoms with Gasteiger partial charge in [0, 0.05) is 43.8 Å². The first kappa shape index (κ1) is 22.2. The predicted molar refractivity (Wildman–Crippen MR) is 161 cm³/mol. The van der Waals surface area contributed by atoms with Crippen molar-refractivity contribution in [1.82, 2.24) is 15.3 Å². The molecule has 9 rings (SSSR count). The molecule has 0 fully saturated rings. The van der Waals surface area contributed by atoms with Gasteiger partial charge < -0.3 is 15.3 Å². The van der Waals surface area contributed by atoms with E-state index < -0.39 is 5.66 Å². The summed E-state index contributed by atoms with van der Waals surface area (Å²) in [5.41, 5.74) is 4.62. The summed E-state index contributed by atoms with van der Waals surface area (Å²) in [5.74, 6) is 3.39. The second kappa shape index (κ2) is 7.95. The summed E-state index contributed by atoms with van der Waals surface area (Å²) < 4.78 is 0. The van der Waals surface area contributed by atoms with Crippen molar-refractivity contribution < 1.29 is 0 Å². The highest BCUT2D eigenvalue weighted by Gasteiger charge is 2.37. The molecule has 6 aromatic rings. The lowest BCUT2D eigenvalue weighted by molar-refractivity contribution is 0.463. The first-order chi connectivity index (χ1) is 20.1. The molecule has 3 N–H and O–H groups in total. The van der Waals surface area contributed by atoms with Crippen LogP contribution in [0.5, 0.6) is 0 Å². The van der Waals surface area contributed by atoms with Gasteiger partial charge in [0.1, 0.15) is 28.4 Å². The molecular formula is C33H22N8. The molecule has 1 unspecified atom stereocenters. The molecule has 5 heterocycles. The molecule has 1 atom stereocenters. The number of aliphatic imine (C=N–C) groups is 3. The molecule has 41 heavy (non-hydrogen) atoms. The number of nitrogens with one attached hydrogen (secondary N) is 3. The Morgan fingerprint density at radius 2 is 1.07 bits per heavy atom. The van der Waals surface area contributed by atoms with E-state index in [2.05, 4.69) is 58.6 Å². The van der Waals surface area contributed by atoms with Crippen molar-refractivity contribution >= 4 is 50.7 Å². The second-order valence-corrected chi connectivity index (χ2v) is 10.6. The summed E-state index contributed by atoms with van der Waals surface area (Å²) in [6.07, 6.45) is 0. The van der Waals surface area contributed by atoms with E-state index >= 15 is 0 Å². The minimum absolute atomic E-state index is 0.607. The number of H-pyrrole nitrogens is 2. The van der Waals surface area contributed by atoms with Crippen molar-refractivity contribution in [2.24, 2.45) is 25.0 Å². The van der Waals surface area contributed by atoms with Gasteiger partial charge in [-0.25, -0.2) is 25.0 Å². The van der Waals surface area contributed by atoms with Crippen LogP contribution in [0, 0.1) is 0 Å². The predicted octanol–water partition coefficient (Wildman–Crippen LogP) is 5.29. The molecule has 0 saturated heterocycles. The molecule has 2 aromatic heterocycles. The first-order valence-electron chi connectivity index (χ1n) is 13.5. The van der Waals surface area contributed by atoms with Crippen molar-refractivity contribution in [3.05, 3.63) is 130 Å². The Labute approximate surface area is 233 Å². The van der Waals surface area contributed by atoms with Gasteiger partial charge in [0.15, 0.2) is 17.3 Å². The summed E-state index contributed by atoms with van der Waals surface area (Å²) in [5, 5.41) is 7.56. The summed E-state index contributed by atoms with van der Waals surface area (Å²) in [6.45, 7) is 2.08. The van der Waals surface area contributed by atoms with Gasteiger partial charge in [0.2, 0.25) is 0 Å². The average molecular weight is 531 g/mol. The quantitative estimate of drug-likeness (QED) is 0.244. The number of aromatic nitrogens is 2. The summed E-state index contributed by atoms with van der Waals surface area (Å²) >= 11 is 0. The van der Waals surface area contributed by atoms with Crippen LogP contribution in [0.4, 0.5) is 11.6 Å². The van der Waals surface area contributed by atoms with Crippen LogP contribution in [0.3, 0.4) is 0 Å². The standard InChI is InChI=1S/C33H22N8/c1-33-25-17-9-8-16-24(25)32(41-33)39-29-21-13-5-4-12-20(21)28(36-29)35-26-18-10-2-3-11-19(18)27(34-26)37-30-22-14-6-7-15-23(22)31(38-30)40-33/h2-17,36H,1H3,(H,39,41)(H,34,35,37,38,40). The zero-order valence-corrected chi connectivity index (χ0v) is 22.0. The van der Waals surface area contributed by atoms with Crippen LogP contribution >= 0.6 is 0 Å². The molecule has 8 heteroatoms. The maximum atomic E-state index is 5.29. The van der Waals surface area contributed by atoms with Gasteiger partial charge in [-0.2, -0.15) is 0 Å². The second-order valence-electron chi connectivity index (χ2n) is 10.6. The zero-order chi connectivity index (χ0) is 27.1. The highest BCUT2D eigenvalue weighted by molar-refractivity contribution is 6.23. The number of hydrogen-bond acceptors (Lipinski definition) is 6. The van der Waals surface area contributed by atoms with Crippen LogP contribution in [0.1, 0.15) is 29.2 Å². The third kappa shape index (κ3) is 3.18. The monoisotopic (exact) mass is 530 g/mol. The Morgan fingerprint density at radius 3 is 1.80 bits per heavy atom. The van der Waals surface area contributed by atoms with Crippen LogP contribution < -0.4 is 16.3 Å². The summed E-state index contributed by atoms with van der Waals surface area (Å²) in [6, 6.07) is 32.7. The molecular weight excluding hydrogens is 508 g/mol. The number of rotatable bonds is 0. The Hall–Kier alpha value is -5.63. The molecule has 0 spiro atoms. The van der Waals surface area contributed by atoms with E-state index in [-0.39, 0.29) is 0 Å². The maximum absolute atomic E-state index is 5.29. The molecule has 0 amide bonds. The Kier molecular flexibility index (Phi) is 4.31.